The Bertz CT molecular complexity index is 456. The SMILES string of the molecule is CON1C=C(C)NN1c1ccc(C(F)(F)F)cc1. The number of halogens is 3. The summed E-state index contributed by atoms with van der Waals surface area (Å²) >= 11 is 0. The van der Waals surface area contributed by atoms with Gasteiger partial charge in [-0.1, -0.05) is 0 Å². The minimum atomic E-state index is -4.33. The summed E-state index contributed by atoms with van der Waals surface area (Å²) < 4.78 is 37.3. The molecule has 0 fully saturated rings. The molecule has 0 aromatic heterocycles. The van der Waals surface area contributed by atoms with Gasteiger partial charge in [-0.2, -0.15) is 18.3 Å². The van der Waals surface area contributed by atoms with Crippen LogP contribution >= 0.6 is 0 Å². The molecule has 0 spiro atoms. The average Bonchev–Trinajstić information content (AvgIpc) is 2.69. The van der Waals surface area contributed by atoms with Gasteiger partial charge in [0.25, 0.3) is 0 Å². The first kappa shape index (κ1) is 12.6. The molecule has 1 aromatic carbocycles. The highest BCUT2D eigenvalue weighted by Gasteiger charge is 2.30. The number of hydrogen-bond donors (Lipinski definition) is 1. The van der Waals surface area contributed by atoms with Crippen molar-refractivity contribution in [2.75, 3.05) is 12.2 Å². The van der Waals surface area contributed by atoms with E-state index in [4.69, 9.17) is 4.84 Å². The maximum absolute atomic E-state index is 12.4. The van der Waals surface area contributed by atoms with E-state index in [1.54, 1.807) is 6.20 Å². The molecule has 0 saturated heterocycles. The Kier molecular flexibility index (Phi) is 3.08. The molecule has 0 unspecified atom stereocenters. The van der Waals surface area contributed by atoms with Crippen molar-refractivity contribution >= 4 is 5.69 Å². The van der Waals surface area contributed by atoms with Crippen molar-refractivity contribution in [1.29, 1.82) is 0 Å². The minimum absolute atomic E-state index is 0.540. The molecule has 0 bridgehead atoms. The van der Waals surface area contributed by atoms with Crippen LogP contribution in [0.15, 0.2) is 36.2 Å². The standard InChI is InChI=1S/C11H12F3N3O/c1-8-7-16(18-2)17(15-8)10-5-3-9(4-6-10)11(12,13)14/h3-7,15H,1-2H3. The third kappa shape index (κ3) is 2.35. The first-order chi connectivity index (χ1) is 8.41. The number of hydrazine groups is 2. The highest BCUT2D eigenvalue weighted by molar-refractivity contribution is 5.47. The lowest BCUT2D eigenvalue weighted by molar-refractivity contribution is -0.137. The maximum Gasteiger partial charge on any atom is 0.416 e. The van der Waals surface area contributed by atoms with Crippen LogP contribution in [0.5, 0.6) is 0 Å². The van der Waals surface area contributed by atoms with E-state index in [0.717, 1.165) is 17.8 Å². The summed E-state index contributed by atoms with van der Waals surface area (Å²) in [4.78, 5) is 5.04. The third-order valence-corrected chi connectivity index (χ3v) is 2.41. The van der Waals surface area contributed by atoms with Crippen LogP contribution in [0.1, 0.15) is 12.5 Å². The molecule has 1 aromatic rings. The van der Waals surface area contributed by atoms with Crippen molar-refractivity contribution in [3.8, 4) is 0 Å². The van der Waals surface area contributed by atoms with Gasteiger partial charge in [-0.15, -0.1) is 5.17 Å². The monoisotopic (exact) mass is 259 g/mol. The van der Waals surface area contributed by atoms with E-state index >= 15 is 0 Å². The smallest absolute Gasteiger partial charge is 0.280 e. The lowest BCUT2D eigenvalue weighted by atomic mass is 10.2. The van der Waals surface area contributed by atoms with Gasteiger partial charge in [0.05, 0.1) is 30.3 Å². The molecule has 7 heteroatoms. The van der Waals surface area contributed by atoms with Crippen LogP contribution in [-0.4, -0.2) is 12.3 Å². The fourth-order valence-corrected chi connectivity index (χ4v) is 1.57. The van der Waals surface area contributed by atoms with Crippen LogP contribution in [0.2, 0.25) is 0 Å². The van der Waals surface area contributed by atoms with Gasteiger partial charge >= 0.3 is 6.18 Å². The molecule has 1 aliphatic heterocycles. The van der Waals surface area contributed by atoms with Gasteiger partial charge in [0.1, 0.15) is 0 Å². The number of hydrogen-bond acceptors (Lipinski definition) is 4. The molecule has 1 aliphatic rings. The number of hydroxylamine groups is 1. The van der Waals surface area contributed by atoms with Gasteiger partial charge in [0.2, 0.25) is 0 Å². The van der Waals surface area contributed by atoms with E-state index in [1.165, 1.54) is 29.5 Å². The number of nitrogens with zero attached hydrogens (tertiary/aromatic N) is 2. The van der Waals surface area contributed by atoms with Crippen LogP contribution in [-0.2, 0) is 11.0 Å². The summed E-state index contributed by atoms with van der Waals surface area (Å²) in [6.45, 7) is 1.82. The predicted octanol–water partition coefficient (Wildman–Crippen LogP) is 2.67. The molecule has 1 N–H and O–H groups in total. The molecule has 2 rings (SSSR count). The van der Waals surface area contributed by atoms with Crippen molar-refractivity contribution in [3.63, 3.8) is 0 Å². The highest BCUT2D eigenvalue weighted by Crippen LogP contribution is 2.31. The molecule has 0 saturated carbocycles. The molecule has 4 nitrogen and oxygen atoms in total. The molecule has 0 radical (unpaired) electrons. The fraction of sp³-hybridized carbons (Fsp3) is 0.273. The molecule has 18 heavy (non-hydrogen) atoms. The first-order valence-electron chi connectivity index (χ1n) is 5.17. The normalized spacial score (nSPS) is 15.7. The van der Waals surface area contributed by atoms with Gasteiger partial charge in [-0.25, -0.2) is 0 Å². The highest BCUT2D eigenvalue weighted by atomic mass is 19.4. The van der Waals surface area contributed by atoms with Crippen molar-refractivity contribution in [3.05, 3.63) is 41.7 Å². The molecular weight excluding hydrogens is 247 g/mol. The van der Waals surface area contributed by atoms with E-state index in [1.807, 2.05) is 6.92 Å². The number of nitrogens with one attached hydrogen (secondary N) is 1. The average molecular weight is 259 g/mol. The molecule has 0 atom stereocenters. The van der Waals surface area contributed by atoms with Crippen molar-refractivity contribution < 1.29 is 18.0 Å². The molecule has 98 valence electrons. The number of rotatable bonds is 2. The summed E-state index contributed by atoms with van der Waals surface area (Å²) in [7, 11) is 1.47. The molecule has 0 amide bonds. The van der Waals surface area contributed by atoms with Crippen LogP contribution in [0, 0.1) is 0 Å². The van der Waals surface area contributed by atoms with Gasteiger partial charge in [0.15, 0.2) is 0 Å². The summed E-state index contributed by atoms with van der Waals surface area (Å²) in [5.41, 5.74) is 3.62. The van der Waals surface area contributed by atoms with Crippen LogP contribution < -0.4 is 10.5 Å². The van der Waals surface area contributed by atoms with E-state index in [9.17, 15) is 13.2 Å². The van der Waals surface area contributed by atoms with Crippen molar-refractivity contribution in [1.82, 2.24) is 10.6 Å². The summed E-state index contributed by atoms with van der Waals surface area (Å²) in [6, 6.07) is 4.79. The Morgan fingerprint density at radius 2 is 1.78 bits per heavy atom. The van der Waals surface area contributed by atoms with E-state index in [-0.39, 0.29) is 0 Å². The van der Waals surface area contributed by atoms with Crippen LogP contribution in [0.3, 0.4) is 0 Å². The van der Waals surface area contributed by atoms with E-state index < -0.39 is 11.7 Å². The van der Waals surface area contributed by atoms with Crippen LogP contribution in [0.4, 0.5) is 18.9 Å². The number of anilines is 1. The quantitative estimate of drug-likeness (QED) is 0.883. The lowest BCUT2D eigenvalue weighted by Crippen LogP contribution is -2.41. The van der Waals surface area contributed by atoms with Gasteiger partial charge < -0.3 is 0 Å². The largest absolute Gasteiger partial charge is 0.416 e. The van der Waals surface area contributed by atoms with E-state index in [2.05, 4.69) is 5.43 Å². The Hall–Kier alpha value is -1.89. The summed E-state index contributed by atoms with van der Waals surface area (Å²) in [5.74, 6) is 0. The zero-order chi connectivity index (χ0) is 13.3. The number of allylic oxidation sites excluding steroid dienone is 1. The molecule has 0 aliphatic carbocycles. The van der Waals surface area contributed by atoms with Gasteiger partial charge in [-0.3, -0.25) is 10.3 Å². The van der Waals surface area contributed by atoms with Gasteiger partial charge in [0, 0.05) is 0 Å². The van der Waals surface area contributed by atoms with Gasteiger partial charge in [-0.05, 0) is 31.2 Å². The summed E-state index contributed by atoms with van der Waals surface area (Å²) in [6.07, 6.45) is -2.65. The zero-order valence-electron chi connectivity index (χ0n) is 9.82. The maximum atomic E-state index is 12.4. The Morgan fingerprint density at radius 3 is 2.28 bits per heavy atom. The third-order valence-electron chi connectivity index (χ3n) is 2.41. The fourth-order valence-electron chi connectivity index (χ4n) is 1.57. The second-order valence-electron chi connectivity index (χ2n) is 3.77. The number of benzene rings is 1. The van der Waals surface area contributed by atoms with Crippen LogP contribution in [0.25, 0.3) is 0 Å². The number of alkyl halides is 3. The Balaban J connectivity index is 2.21. The minimum Gasteiger partial charge on any atom is -0.280 e. The first-order valence-corrected chi connectivity index (χ1v) is 5.17. The Morgan fingerprint density at radius 1 is 1.17 bits per heavy atom. The molecular formula is C11H12F3N3O. The second-order valence-corrected chi connectivity index (χ2v) is 3.77. The van der Waals surface area contributed by atoms with Crippen molar-refractivity contribution in [2.24, 2.45) is 0 Å². The Labute approximate surface area is 102 Å². The van der Waals surface area contributed by atoms with E-state index in [0.29, 0.717) is 5.69 Å². The summed E-state index contributed by atoms with van der Waals surface area (Å²) in [5, 5.41) is 2.88. The topological polar surface area (TPSA) is 27.7 Å². The lowest BCUT2D eigenvalue weighted by Gasteiger charge is -2.27. The second kappa shape index (κ2) is 4.41. The zero-order valence-corrected chi connectivity index (χ0v) is 9.82. The molecule has 1 heterocycles. The predicted molar refractivity (Wildman–Crippen MR) is 59.7 cm³/mol. The van der Waals surface area contributed by atoms with Crippen molar-refractivity contribution in [2.45, 2.75) is 13.1 Å².